The summed E-state index contributed by atoms with van der Waals surface area (Å²) in [5, 5.41) is 11.2. The largest absolute Gasteiger partial charge is 0.386 e. The maximum absolute atomic E-state index is 9.07. The topological polar surface area (TPSA) is 101 Å². The molecule has 1 aromatic heterocycles. The maximum Gasteiger partial charge on any atom is 0.161 e. The Morgan fingerprint density at radius 3 is 2.71 bits per heavy atom. The molecule has 4 N–H and O–H groups in total. The molecule has 1 heterocycles. The summed E-state index contributed by atoms with van der Waals surface area (Å²) in [5.74, 6) is 0.763. The summed E-state index contributed by atoms with van der Waals surface area (Å²) in [4.78, 5) is 8.52. The van der Waals surface area contributed by atoms with Crippen molar-refractivity contribution in [3.8, 4) is 17.2 Å². The summed E-state index contributed by atoms with van der Waals surface area (Å²) in [6.45, 7) is 0.149. The fourth-order valence-corrected chi connectivity index (χ4v) is 2.63. The van der Waals surface area contributed by atoms with Gasteiger partial charge in [-0.3, -0.25) is 0 Å². The van der Waals surface area contributed by atoms with Gasteiger partial charge in [-0.25, -0.2) is 9.98 Å². The molecule has 0 radical (unpaired) electrons. The standard InChI is InChI=1S/C18H14ClN5/c19-16-10-23-18(24-17(22)9-21)15-7-13(4-5-14(15)16)12-3-1-2-11(6-12)8-20/h1-7,10H,9,21H2,(H2,22,23,24). The molecule has 0 aliphatic carbocycles. The third kappa shape index (κ3) is 3.06. The van der Waals surface area contributed by atoms with Gasteiger partial charge in [-0.05, 0) is 29.3 Å². The van der Waals surface area contributed by atoms with Crippen LogP contribution in [-0.2, 0) is 0 Å². The number of rotatable bonds is 3. The molecule has 24 heavy (non-hydrogen) atoms. The quantitative estimate of drug-likeness (QED) is 0.566. The normalized spacial score (nSPS) is 11.5. The molecule has 0 spiro atoms. The van der Waals surface area contributed by atoms with Gasteiger partial charge in [0.05, 0.1) is 23.2 Å². The summed E-state index contributed by atoms with van der Waals surface area (Å²) in [6.07, 6.45) is 1.54. The molecule has 0 atom stereocenters. The van der Waals surface area contributed by atoms with Crippen LogP contribution in [0.4, 0.5) is 5.82 Å². The van der Waals surface area contributed by atoms with Crippen LogP contribution >= 0.6 is 11.6 Å². The summed E-state index contributed by atoms with van der Waals surface area (Å²) < 4.78 is 0. The highest BCUT2D eigenvalue weighted by atomic mass is 35.5. The van der Waals surface area contributed by atoms with E-state index in [4.69, 9.17) is 28.3 Å². The Kier molecular flexibility index (Phi) is 4.43. The van der Waals surface area contributed by atoms with Crippen LogP contribution in [0, 0.1) is 11.3 Å². The second kappa shape index (κ2) is 6.67. The molecule has 0 bridgehead atoms. The summed E-state index contributed by atoms with van der Waals surface area (Å²) in [5.41, 5.74) is 13.7. The lowest BCUT2D eigenvalue weighted by Gasteiger charge is -2.08. The zero-order chi connectivity index (χ0) is 17.1. The van der Waals surface area contributed by atoms with Crippen molar-refractivity contribution in [3.63, 3.8) is 0 Å². The highest BCUT2D eigenvalue weighted by Gasteiger charge is 2.09. The molecule has 0 fully saturated rings. The van der Waals surface area contributed by atoms with E-state index in [1.807, 2.05) is 36.4 Å². The molecular weight excluding hydrogens is 322 g/mol. The van der Waals surface area contributed by atoms with Crippen LogP contribution in [0.3, 0.4) is 0 Å². The van der Waals surface area contributed by atoms with Crippen molar-refractivity contribution >= 4 is 34.0 Å². The molecule has 0 aliphatic rings. The van der Waals surface area contributed by atoms with E-state index in [0.717, 1.165) is 21.9 Å². The summed E-state index contributed by atoms with van der Waals surface area (Å²) >= 11 is 6.24. The monoisotopic (exact) mass is 335 g/mol. The first-order valence-electron chi connectivity index (χ1n) is 7.24. The predicted octanol–water partition coefficient (Wildman–Crippen LogP) is 3.37. The number of hydrogen-bond donors (Lipinski definition) is 2. The number of pyridine rings is 1. The number of halogens is 1. The third-order valence-corrected chi connectivity index (χ3v) is 3.90. The van der Waals surface area contributed by atoms with Crippen LogP contribution in [0.2, 0.25) is 5.02 Å². The Bertz CT molecular complexity index is 988. The number of nitriles is 1. The van der Waals surface area contributed by atoms with E-state index in [2.05, 4.69) is 16.0 Å². The van der Waals surface area contributed by atoms with E-state index in [-0.39, 0.29) is 6.54 Å². The van der Waals surface area contributed by atoms with Gasteiger partial charge in [-0.1, -0.05) is 35.9 Å². The van der Waals surface area contributed by atoms with Crippen LogP contribution in [0.5, 0.6) is 0 Å². The van der Waals surface area contributed by atoms with Crippen LogP contribution in [0.1, 0.15) is 5.56 Å². The molecule has 0 saturated heterocycles. The van der Waals surface area contributed by atoms with Crippen molar-refractivity contribution in [2.45, 2.75) is 0 Å². The lowest BCUT2D eigenvalue weighted by Crippen LogP contribution is -2.22. The van der Waals surface area contributed by atoms with Crippen molar-refractivity contribution in [3.05, 3.63) is 59.2 Å². The Morgan fingerprint density at radius 2 is 1.96 bits per heavy atom. The second-order valence-corrected chi connectivity index (χ2v) is 5.60. The summed E-state index contributed by atoms with van der Waals surface area (Å²) in [6, 6.07) is 15.3. The Labute approximate surface area is 144 Å². The van der Waals surface area contributed by atoms with Gasteiger partial charge in [0.25, 0.3) is 0 Å². The van der Waals surface area contributed by atoms with E-state index < -0.39 is 0 Å². The average molecular weight is 336 g/mol. The molecule has 6 heteroatoms. The average Bonchev–Trinajstić information content (AvgIpc) is 2.63. The zero-order valence-corrected chi connectivity index (χ0v) is 13.5. The number of amidine groups is 1. The number of aromatic nitrogens is 1. The molecule has 0 aliphatic heterocycles. The maximum atomic E-state index is 9.07. The lowest BCUT2D eigenvalue weighted by molar-refractivity contribution is 1.23. The predicted molar refractivity (Wildman–Crippen MR) is 97.2 cm³/mol. The minimum absolute atomic E-state index is 0.149. The van der Waals surface area contributed by atoms with Crippen molar-refractivity contribution < 1.29 is 0 Å². The molecule has 0 saturated carbocycles. The van der Waals surface area contributed by atoms with Gasteiger partial charge in [0.15, 0.2) is 5.82 Å². The highest BCUT2D eigenvalue weighted by molar-refractivity contribution is 6.35. The van der Waals surface area contributed by atoms with E-state index in [9.17, 15) is 0 Å². The molecule has 5 nitrogen and oxygen atoms in total. The van der Waals surface area contributed by atoms with E-state index in [1.54, 1.807) is 12.3 Å². The zero-order valence-electron chi connectivity index (χ0n) is 12.7. The first kappa shape index (κ1) is 15.9. The van der Waals surface area contributed by atoms with Crippen molar-refractivity contribution in [2.24, 2.45) is 16.5 Å². The lowest BCUT2D eigenvalue weighted by atomic mass is 10.0. The SMILES string of the molecule is N#Cc1cccc(-c2ccc3c(Cl)cnc(N=C(N)CN)c3c2)c1. The minimum atomic E-state index is 0.149. The fourth-order valence-electron chi connectivity index (χ4n) is 2.41. The van der Waals surface area contributed by atoms with Gasteiger partial charge in [0, 0.05) is 17.0 Å². The molecular formula is C18H14ClN5. The Morgan fingerprint density at radius 1 is 1.17 bits per heavy atom. The van der Waals surface area contributed by atoms with Crippen molar-refractivity contribution in [2.75, 3.05) is 6.54 Å². The van der Waals surface area contributed by atoms with Crippen molar-refractivity contribution in [1.82, 2.24) is 4.98 Å². The van der Waals surface area contributed by atoms with E-state index in [0.29, 0.717) is 22.2 Å². The third-order valence-electron chi connectivity index (χ3n) is 3.60. The molecule has 3 aromatic rings. The molecule has 0 unspecified atom stereocenters. The van der Waals surface area contributed by atoms with Crippen LogP contribution < -0.4 is 11.5 Å². The smallest absolute Gasteiger partial charge is 0.161 e. The highest BCUT2D eigenvalue weighted by Crippen LogP contribution is 2.33. The van der Waals surface area contributed by atoms with Crippen molar-refractivity contribution in [1.29, 1.82) is 5.26 Å². The fraction of sp³-hybridized carbons (Fsp3) is 0.0556. The summed E-state index contributed by atoms with van der Waals surface area (Å²) in [7, 11) is 0. The number of nitrogens with zero attached hydrogens (tertiary/aromatic N) is 3. The van der Waals surface area contributed by atoms with Gasteiger partial charge in [0.1, 0.15) is 5.84 Å². The van der Waals surface area contributed by atoms with Gasteiger partial charge >= 0.3 is 0 Å². The van der Waals surface area contributed by atoms with Crippen LogP contribution in [0.25, 0.3) is 21.9 Å². The first-order chi connectivity index (χ1) is 11.6. The molecule has 118 valence electrons. The van der Waals surface area contributed by atoms with E-state index >= 15 is 0 Å². The van der Waals surface area contributed by atoms with Gasteiger partial charge in [-0.15, -0.1) is 0 Å². The van der Waals surface area contributed by atoms with Crippen LogP contribution in [-0.4, -0.2) is 17.4 Å². The van der Waals surface area contributed by atoms with Gasteiger partial charge in [0.2, 0.25) is 0 Å². The van der Waals surface area contributed by atoms with Gasteiger partial charge in [-0.2, -0.15) is 5.26 Å². The first-order valence-corrected chi connectivity index (χ1v) is 7.62. The minimum Gasteiger partial charge on any atom is -0.386 e. The number of aliphatic imine (C=N–C) groups is 1. The van der Waals surface area contributed by atoms with Crippen LogP contribution in [0.15, 0.2) is 53.7 Å². The molecule has 2 aromatic carbocycles. The number of hydrogen-bond acceptors (Lipinski definition) is 4. The number of benzene rings is 2. The van der Waals surface area contributed by atoms with E-state index in [1.165, 1.54) is 0 Å². The Hall–Kier alpha value is -2.94. The van der Waals surface area contributed by atoms with Gasteiger partial charge < -0.3 is 11.5 Å². The molecule has 0 amide bonds. The molecule has 3 rings (SSSR count). The number of nitrogens with two attached hydrogens (primary N) is 2. The second-order valence-electron chi connectivity index (χ2n) is 5.19. The Balaban J connectivity index is 2.22. The number of fused-ring (bicyclic) bond motifs is 1.